The Labute approximate surface area is 108 Å². The maximum Gasteiger partial charge on any atom is 0.221 e. The van der Waals surface area contributed by atoms with Crippen molar-refractivity contribution in [2.24, 2.45) is 0 Å². The van der Waals surface area contributed by atoms with Crippen molar-refractivity contribution in [3.05, 3.63) is 34.3 Å². The average Bonchev–Trinajstić information content (AvgIpc) is 2.27. The van der Waals surface area contributed by atoms with Crippen molar-refractivity contribution in [3.8, 4) is 0 Å². The van der Waals surface area contributed by atoms with Crippen LogP contribution in [0.15, 0.2) is 18.2 Å². The van der Waals surface area contributed by atoms with E-state index in [1.54, 1.807) is 0 Å². The summed E-state index contributed by atoms with van der Waals surface area (Å²) >= 11 is 6.10. The number of amides is 1. The fraction of sp³-hybridized carbons (Fsp3) is 0.462. The Morgan fingerprint density at radius 3 is 2.82 bits per heavy atom. The molecule has 0 aliphatic heterocycles. The molecule has 0 spiro atoms. The minimum atomic E-state index is 0.0787. The molecule has 17 heavy (non-hydrogen) atoms. The molecular formula is C13H19ClN2O. The molecule has 0 aliphatic rings. The number of halogens is 1. The Hall–Kier alpha value is -1.06. The predicted octanol–water partition coefficient (Wildman–Crippen LogP) is 2.26. The second-order valence-corrected chi connectivity index (χ2v) is 4.38. The van der Waals surface area contributed by atoms with E-state index in [2.05, 4.69) is 10.6 Å². The number of rotatable bonds is 6. The van der Waals surface area contributed by atoms with Gasteiger partial charge in [0.25, 0.3) is 0 Å². The van der Waals surface area contributed by atoms with Gasteiger partial charge in [-0.3, -0.25) is 4.79 Å². The van der Waals surface area contributed by atoms with E-state index in [0.29, 0.717) is 26.1 Å². The molecule has 0 aliphatic carbocycles. The number of benzene rings is 1. The molecule has 1 aromatic carbocycles. The summed E-state index contributed by atoms with van der Waals surface area (Å²) in [7, 11) is 0. The van der Waals surface area contributed by atoms with Gasteiger partial charge in [-0.15, -0.1) is 0 Å². The van der Waals surface area contributed by atoms with E-state index >= 15 is 0 Å². The van der Waals surface area contributed by atoms with Crippen LogP contribution in [0.4, 0.5) is 0 Å². The van der Waals surface area contributed by atoms with Gasteiger partial charge in [0, 0.05) is 31.1 Å². The zero-order valence-electron chi connectivity index (χ0n) is 10.3. The molecule has 2 N–H and O–H groups in total. The number of nitrogens with one attached hydrogen (secondary N) is 2. The third-order valence-electron chi connectivity index (χ3n) is 2.43. The quantitative estimate of drug-likeness (QED) is 0.765. The normalized spacial score (nSPS) is 10.3. The van der Waals surface area contributed by atoms with Gasteiger partial charge in [-0.25, -0.2) is 0 Å². The topological polar surface area (TPSA) is 41.1 Å². The summed E-state index contributed by atoms with van der Waals surface area (Å²) in [5.41, 5.74) is 2.22. The van der Waals surface area contributed by atoms with Crippen LogP contribution in [0.25, 0.3) is 0 Å². The molecule has 0 saturated heterocycles. The lowest BCUT2D eigenvalue weighted by molar-refractivity contribution is -0.120. The lowest BCUT2D eigenvalue weighted by Gasteiger charge is -2.07. The van der Waals surface area contributed by atoms with Crippen LogP contribution in [0.5, 0.6) is 0 Å². The Morgan fingerprint density at radius 1 is 1.41 bits per heavy atom. The summed E-state index contributed by atoms with van der Waals surface area (Å²) in [5, 5.41) is 6.74. The Morgan fingerprint density at radius 2 is 2.18 bits per heavy atom. The van der Waals surface area contributed by atoms with Gasteiger partial charge in [0.2, 0.25) is 5.91 Å². The summed E-state index contributed by atoms with van der Waals surface area (Å²) < 4.78 is 0. The van der Waals surface area contributed by atoms with Crippen LogP contribution < -0.4 is 10.6 Å². The molecule has 0 aromatic heterocycles. The highest BCUT2D eigenvalue weighted by molar-refractivity contribution is 6.31. The fourth-order valence-corrected chi connectivity index (χ4v) is 1.81. The van der Waals surface area contributed by atoms with E-state index in [9.17, 15) is 4.79 Å². The minimum Gasteiger partial charge on any atom is -0.356 e. The largest absolute Gasteiger partial charge is 0.356 e. The van der Waals surface area contributed by atoms with Crippen LogP contribution in [0, 0.1) is 6.92 Å². The monoisotopic (exact) mass is 254 g/mol. The van der Waals surface area contributed by atoms with Gasteiger partial charge < -0.3 is 10.6 Å². The second-order valence-electron chi connectivity index (χ2n) is 3.98. The van der Waals surface area contributed by atoms with Crippen molar-refractivity contribution in [1.82, 2.24) is 10.6 Å². The van der Waals surface area contributed by atoms with E-state index in [4.69, 9.17) is 11.6 Å². The SMILES string of the molecule is CCNC(=O)CCNCc1ccc(C)cc1Cl. The fourth-order valence-electron chi connectivity index (χ4n) is 1.51. The maximum atomic E-state index is 11.2. The van der Waals surface area contributed by atoms with Crippen LogP contribution in [-0.2, 0) is 11.3 Å². The summed E-state index contributed by atoms with van der Waals surface area (Å²) in [6, 6.07) is 5.99. The summed E-state index contributed by atoms with van der Waals surface area (Å²) in [6.07, 6.45) is 0.497. The van der Waals surface area contributed by atoms with E-state index in [1.807, 2.05) is 32.0 Å². The van der Waals surface area contributed by atoms with E-state index in [0.717, 1.165) is 16.1 Å². The van der Waals surface area contributed by atoms with Gasteiger partial charge in [0.05, 0.1) is 0 Å². The highest BCUT2D eigenvalue weighted by Crippen LogP contribution is 2.17. The molecule has 0 unspecified atom stereocenters. The number of hydrogen-bond donors (Lipinski definition) is 2. The van der Waals surface area contributed by atoms with Gasteiger partial charge in [-0.05, 0) is 31.0 Å². The van der Waals surface area contributed by atoms with E-state index in [1.165, 1.54) is 0 Å². The average molecular weight is 255 g/mol. The first-order valence-electron chi connectivity index (χ1n) is 5.86. The lowest BCUT2D eigenvalue weighted by atomic mass is 10.1. The molecule has 0 radical (unpaired) electrons. The van der Waals surface area contributed by atoms with Gasteiger partial charge in [0.1, 0.15) is 0 Å². The van der Waals surface area contributed by atoms with E-state index in [-0.39, 0.29) is 5.91 Å². The standard InChI is InChI=1S/C13H19ClN2O/c1-3-16-13(17)6-7-15-9-11-5-4-10(2)8-12(11)14/h4-5,8,15H,3,6-7,9H2,1-2H3,(H,16,17). The predicted molar refractivity (Wildman–Crippen MR) is 71.2 cm³/mol. The number of carbonyl (C=O) groups excluding carboxylic acids is 1. The first kappa shape index (κ1) is 14.0. The van der Waals surface area contributed by atoms with Gasteiger partial charge >= 0.3 is 0 Å². The van der Waals surface area contributed by atoms with Crippen LogP contribution >= 0.6 is 11.6 Å². The zero-order chi connectivity index (χ0) is 12.7. The van der Waals surface area contributed by atoms with Crippen LogP contribution in [0.2, 0.25) is 5.02 Å². The molecule has 0 bridgehead atoms. The summed E-state index contributed by atoms with van der Waals surface area (Å²) in [5.74, 6) is 0.0787. The maximum absolute atomic E-state index is 11.2. The van der Waals surface area contributed by atoms with Crippen molar-refractivity contribution in [1.29, 1.82) is 0 Å². The highest BCUT2D eigenvalue weighted by atomic mass is 35.5. The molecule has 0 fully saturated rings. The van der Waals surface area contributed by atoms with Crippen molar-refractivity contribution in [2.45, 2.75) is 26.8 Å². The molecular weight excluding hydrogens is 236 g/mol. The molecule has 1 amide bonds. The molecule has 0 atom stereocenters. The van der Waals surface area contributed by atoms with Crippen LogP contribution in [-0.4, -0.2) is 19.0 Å². The van der Waals surface area contributed by atoms with Crippen molar-refractivity contribution < 1.29 is 4.79 Å². The van der Waals surface area contributed by atoms with Gasteiger partial charge in [-0.2, -0.15) is 0 Å². The minimum absolute atomic E-state index is 0.0787. The molecule has 0 heterocycles. The summed E-state index contributed by atoms with van der Waals surface area (Å²) in [4.78, 5) is 11.2. The Bertz CT molecular complexity index is 380. The zero-order valence-corrected chi connectivity index (χ0v) is 11.1. The van der Waals surface area contributed by atoms with Gasteiger partial charge in [0.15, 0.2) is 0 Å². The summed E-state index contributed by atoms with van der Waals surface area (Å²) in [6.45, 7) is 5.97. The van der Waals surface area contributed by atoms with Gasteiger partial charge in [-0.1, -0.05) is 23.7 Å². The first-order valence-corrected chi connectivity index (χ1v) is 6.23. The smallest absolute Gasteiger partial charge is 0.221 e. The van der Waals surface area contributed by atoms with E-state index < -0.39 is 0 Å². The second kappa shape index (κ2) is 7.30. The molecule has 4 heteroatoms. The highest BCUT2D eigenvalue weighted by Gasteiger charge is 2.01. The van der Waals surface area contributed by atoms with Crippen LogP contribution in [0.3, 0.4) is 0 Å². The molecule has 1 aromatic rings. The van der Waals surface area contributed by atoms with Crippen molar-refractivity contribution in [2.75, 3.05) is 13.1 Å². The lowest BCUT2D eigenvalue weighted by Crippen LogP contribution is -2.27. The third-order valence-corrected chi connectivity index (χ3v) is 2.78. The Balaban J connectivity index is 2.29. The number of hydrogen-bond acceptors (Lipinski definition) is 2. The third kappa shape index (κ3) is 5.20. The van der Waals surface area contributed by atoms with Crippen molar-refractivity contribution in [3.63, 3.8) is 0 Å². The molecule has 1 rings (SSSR count). The van der Waals surface area contributed by atoms with Crippen molar-refractivity contribution >= 4 is 17.5 Å². The molecule has 3 nitrogen and oxygen atoms in total. The first-order chi connectivity index (χ1) is 8.13. The Kier molecular flexibility index (Phi) is 6.01. The number of aryl methyl sites for hydroxylation is 1. The van der Waals surface area contributed by atoms with Crippen LogP contribution in [0.1, 0.15) is 24.5 Å². The molecule has 0 saturated carbocycles. The molecule has 94 valence electrons. The number of carbonyl (C=O) groups is 1.